The van der Waals surface area contributed by atoms with Crippen LogP contribution in [0.1, 0.15) is 65.7 Å². The lowest BCUT2D eigenvalue weighted by atomic mass is 9.89. The highest BCUT2D eigenvalue weighted by Crippen LogP contribution is 2.20. The maximum Gasteiger partial charge on any atom is 0.0198 e. The zero-order valence-electron chi connectivity index (χ0n) is 11.4. The molecule has 0 aromatic carbocycles. The molecule has 0 aliphatic carbocycles. The molecule has 0 bridgehead atoms. The Bertz CT molecular complexity index is 176. The Labute approximate surface area is 102 Å². The summed E-state index contributed by atoms with van der Waals surface area (Å²) in [4.78, 5) is 0. The molecule has 2 nitrogen and oxygen atoms in total. The van der Waals surface area contributed by atoms with E-state index in [4.69, 9.17) is 0 Å². The van der Waals surface area contributed by atoms with Gasteiger partial charge in [0.1, 0.15) is 0 Å². The summed E-state index contributed by atoms with van der Waals surface area (Å²) in [6.45, 7) is 9.36. The van der Waals surface area contributed by atoms with Crippen molar-refractivity contribution in [1.82, 2.24) is 10.6 Å². The molecule has 16 heavy (non-hydrogen) atoms. The number of piperidine rings is 1. The smallest absolute Gasteiger partial charge is 0.0198 e. The standard InChI is InChI=1S/C14H30N2/c1-4-6-7-10-14(3,5-2)16-13-9-8-11-15-12-13/h13,15-16H,4-12H2,1-3H3/t13-,14?/m0/s1. The van der Waals surface area contributed by atoms with Crippen LogP contribution in [0.4, 0.5) is 0 Å². The van der Waals surface area contributed by atoms with Crippen molar-refractivity contribution in [2.45, 2.75) is 77.3 Å². The number of hydrogen-bond donors (Lipinski definition) is 2. The molecule has 1 aliphatic heterocycles. The van der Waals surface area contributed by atoms with Crippen molar-refractivity contribution in [3.63, 3.8) is 0 Å². The maximum absolute atomic E-state index is 3.88. The first-order chi connectivity index (χ1) is 7.70. The minimum absolute atomic E-state index is 0.360. The molecule has 0 saturated carbocycles. The SMILES string of the molecule is CCCCCC(C)(CC)N[C@H]1CCCNC1. The van der Waals surface area contributed by atoms with E-state index in [0.717, 1.165) is 6.54 Å². The van der Waals surface area contributed by atoms with Crippen molar-refractivity contribution < 1.29 is 0 Å². The molecule has 1 heterocycles. The second-order valence-electron chi connectivity index (χ2n) is 5.56. The Hall–Kier alpha value is -0.0800. The molecular formula is C14H30N2. The average molecular weight is 226 g/mol. The Kier molecular flexibility index (Phi) is 6.37. The van der Waals surface area contributed by atoms with Crippen LogP contribution in [0, 0.1) is 0 Å². The lowest BCUT2D eigenvalue weighted by Crippen LogP contribution is -2.53. The lowest BCUT2D eigenvalue weighted by Gasteiger charge is -2.36. The van der Waals surface area contributed by atoms with Crippen LogP contribution in [0.25, 0.3) is 0 Å². The highest BCUT2D eigenvalue weighted by Gasteiger charge is 2.25. The second-order valence-corrected chi connectivity index (χ2v) is 5.56. The van der Waals surface area contributed by atoms with Gasteiger partial charge in [0.15, 0.2) is 0 Å². The third-order valence-electron chi connectivity index (χ3n) is 3.96. The fraction of sp³-hybridized carbons (Fsp3) is 1.00. The van der Waals surface area contributed by atoms with Gasteiger partial charge in [-0.1, -0.05) is 33.1 Å². The van der Waals surface area contributed by atoms with Crippen molar-refractivity contribution in [3.8, 4) is 0 Å². The molecule has 0 amide bonds. The monoisotopic (exact) mass is 226 g/mol. The first-order valence-corrected chi connectivity index (χ1v) is 7.18. The van der Waals surface area contributed by atoms with Crippen LogP contribution in [0.15, 0.2) is 0 Å². The first-order valence-electron chi connectivity index (χ1n) is 7.18. The van der Waals surface area contributed by atoms with Crippen molar-refractivity contribution in [1.29, 1.82) is 0 Å². The molecule has 0 radical (unpaired) electrons. The van der Waals surface area contributed by atoms with Gasteiger partial charge in [-0.15, -0.1) is 0 Å². The van der Waals surface area contributed by atoms with E-state index in [0.29, 0.717) is 11.6 Å². The number of nitrogens with one attached hydrogen (secondary N) is 2. The van der Waals surface area contributed by atoms with Crippen molar-refractivity contribution in [2.24, 2.45) is 0 Å². The molecular weight excluding hydrogens is 196 g/mol. The predicted octanol–water partition coefficient (Wildman–Crippen LogP) is 3.08. The average Bonchev–Trinajstić information content (AvgIpc) is 2.31. The third kappa shape index (κ3) is 4.84. The van der Waals surface area contributed by atoms with E-state index in [1.54, 1.807) is 0 Å². The van der Waals surface area contributed by atoms with Gasteiger partial charge < -0.3 is 10.6 Å². The van der Waals surface area contributed by atoms with Crippen LogP contribution in [-0.4, -0.2) is 24.7 Å². The summed E-state index contributed by atoms with van der Waals surface area (Å²) in [6.07, 6.45) is 9.31. The van der Waals surface area contributed by atoms with E-state index in [9.17, 15) is 0 Å². The van der Waals surface area contributed by atoms with E-state index in [1.807, 2.05) is 0 Å². The molecule has 2 heteroatoms. The Morgan fingerprint density at radius 1 is 1.31 bits per heavy atom. The quantitative estimate of drug-likeness (QED) is 0.652. The van der Waals surface area contributed by atoms with Gasteiger partial charge in [-0.2, -0.15) is 0 Å². The van der Waals surface area contributed by atoms with Crippen molar-refractivity contribution in [2.75, 3.05) is 13.1 Å². The van der Waals surface area contributed by atoms with E-state index < -0.39 is 0 Å². The molecule has 2 atom stereocenters. The van der Waals surface area contributed by atoms with Crippen molar-refractivity contribution >= 4 is 0 Å². The van der Waals surface area contributed by atoms with Crippen LogP contribution in [0.5, 0.6) is 0 Å². The highest BCUT2D eigenvalue weighted by atomic mass is 15.0. The van der Waals surface area contributed by atoms with Gasteiger partial charge in [0, 0.05) is 18.1 Å². The van der Waals surface area contributed by atoms with Gasteiger partial charge >= 0.3 is 0 Å². The van der Waals surface area contributed by atoms with Gasteiger partial charge in [-0.3, -0.25) is 0 Å². The molecule has 1 aliphatic rings. The number of hydrogen-bond acceptors (Lipinski definition) is 2. The lowest BCUT2D eigenvalue weighted by molar-refractivity contribution is 0.246. The van der Waals surface area contributed by atoms with Gasteiger partial charge in [0.05, 0.1) is 0 Å². The summed E-state index contributed by atoms with van der Waals surface area (Å²) in [5.41, 5.74) is 0.360. The summed E-state index contributed by atoms with van der Waals surface area (Å²) in [5.74, 6) is 0. The Balaban J connectivity index is 2.32. The van der Waals surface area contributed by atoms with E-state index >= 15 is 0 Å². The summed E-state index contributed by atoms with van der Waals surface area (Å²) >= 11 is 0. The minimum atomic E-state index is 0.360. The fourth-order valence-electron chi connectivity index (χ4n) is 2.58. The second kappa shape index (κ2) is 7.29. The zero-order valence-corrected chi connectivity index (χ0v) is 11.4. The molecule has 1 saturated heterocycles. The molecule has 0 aromatic heterocycles. The Morgan fingerprint density at radius 2 is 2.12 bits per heavy atom. The van der Waals surface area contributed by atoms with Gasteiger partial charge in [-0.05, 0) is 39.2 Å². The Morgan fingerprint density at radius 3 is 2.69 bits per heavy atom. The van der Waals surface area contributed by atoms with E-state index in [2.05, 4.69) is 31.4 Å². The zero-order chi connectivity index (χ0) is 11.9. The van der Waals surface area contributed by atoms with Crippen molar-refractivity contribution in [3.05, 3.63) is 0 Å². The van der Waals surface area contributed by atoms with E-state index in [1.165, 1.54) is 51.5 Å². The van der Waals surface area contributed by atoms with Gasteiger partial charge in [-0.25, -0.2) is 0 Å². The minimum Gasteiger partial charge on any atom is -0.315 e. The van der Waals surface area contributed by atoms with Crippen LogP contribution < -0.4 is 10.6 Å². The molecule has 2 N–H and O–H groups in total. The summed E-state index contributed by atoms with van der Waals surface area (Å²) in [6, 6.07) is 0.695. The third-order valence-corrected chi connectivity index (χ3v) is 3.96. The molecule has 1 rings (SSSR count). The topological polar surface area (TPSA) is 24.1 Å². The summed E-state index contributed by atoms with van der Waals surface area (Å²) in [5, 5.41) is 7.36. The summed E-state index contributed by atoms with van der Waals surface area (Å²) < 4.78 is 0. The fourth-order valence-corrected chi connectivity index (χ4v) is 2.58. The number of unbranched alkanes of at least 4 members (excludes halogenated alkanes) is 2. The highest BCUT2D eigenvalue weighted by molar-refractivity contribution is 4.87. The van der Waals surface area contributed by atoms with Crippen LogP contribution in [-0.2, 0) is 0 Å². The largest absolute Gasteiger partial charge is 0.315 e. The molecule has 0 spiro atoms. The van der Waals surface area contributed by atoms with Crippen LogP contribution >= 0.6 is 0 Å². The molecule has 96 valence electrons. The van der Waals surface area contributed by atoms with Crippen LogP contribution in [0.2, 0.25) is 0 Å². The van der Waals surface area contributed by atoms with E-state index in [-0.39, 0.29) is 0 Å². The molecule has 0 aromatic rings. The number of rotatable bonds is 7. The molecule has 1 unspecified atom stereocenters. The van der Waals surface area contributed by atoms with Crippen LogP contribution in [0.3, 0.4) is 0 Å². The first kappa shape index (κ1) is 14.0. The van der Waals surface area contributed by atoms with Gasteiger partial charge in [0.25, 0.3) is 0 Å². The van der Waals surface area contributed by atoms with Gasteiger partial charge in [0.2, 0.25) is 0 Å². The summed E-state index contributed by atoms with van der Waals surface area (Å²) in [7, 11) is 0. The predicted molar refractivity (Wildman–Crippen MR) is 71.9 cm³/mol. The normalized spacial score (nSPS) is 25.3. The maximum atomic E-state index is 3.88. The molecule has 1 fully saturated rings.